The maximum absolute atomic E-state index is 13.8. The van der Waals surface area contributed by atoms with E-state index in [1.54, 1.807) is 0 Å². The number of nitrogens with one attached hydrogen (secondary N) is 1. The molecule has 0 atom stereocenters. The Morgan fingerprint density at radius 1 is 1.35 bits per heavy atom. The lowest BCUT2D eigenvalue weighted by Crippen LogP contribution is -2.08. The van der Waals surface area contributed by atoms with Crippen molar-refractivity contribution in [1.82, 2.24) is 15.0 Å². The molecular formula is C13H7ClF3N3O3. The van der Waals surface area contributed by atoms with E-state index >= 15 is 0 Å². The van der Waals surface area contributed by atoms with Crippen molar-refractivity contribution in [3.05, 3.63) is 39.9 Å². The summed E-state index contributed by atoms with van der Waals surface area (Å²) in [6.07, 6.45) is -0.368. The van der Waals surface area contributed by atoms with Gasteiger partial charge in [-0.3, -0.25) is 4.98 Å². The molecule has 0 unspecified atom stereocenters. The van der Waals surface area contributed by atoms with Gasteiger partial charge < -0.3 is 9.15 Å². The van der Waals surface area contributed by atoms with Gasteiger partial charge in [-0.05, 0) is 6.07 Å². The van der Waals surface area contributed by atoms with Crippen molar-refractivity contribution in [1.29, 1.82) is 0 Å². The fourth-order valence-corrected chi connectivity index (χ4v) is 2.10. The lowest BCUT2D eigenvalue weighted by molar-refractivity contribution is 0.0794. The van der Waals surface area contributed by atoms with Gasteiger partial charge in [0, 0.05) is 5.56 Å². The Balaban J connectivity index is 2.03. The molecule has 0 saturated heterocycles. The van der Waals surface area contributed by atoms with E-state index in [0.29, 0.717) is 0 Å². The Labute approximate surface area is 130 Å². The van der Waals surface area contributed by atoms with E-state index in [1.807, 2.05) is 0 Å². The number of nitrogens with zero attached hydrogens (tertiary/aromatic N) is 2. The highest BCUT2D eigenvalue weighted by molar-refractivity contribution is 6.35. The molecule has 0 aliphatic carbocycles. The number of benzene rings is 1. The smallest absolute Gasteiger partial charge is 0.417 e. The molecule has 2 aromatic heterocycles. The number of ether oxygens (including phenoxy) is 1. The summed E-state index contributed by atoms with van der Waals surface area (Å²) in [7, 11) is 0. The van der Waals surface area contributed by atoms with E-state index in [9.17, 15) is 18.0 Å². The molecule has 1 N–H and O–H groups in total. The molecule has 2 heterocycles. The number of alkyl halides is 2. The summed E-state index contributed by atoms with van der Waals surface area (Å²) in [5, 5.41) is -0.292. The van der Waals surface area contributed by atoms with Gasteiger partial charge in [0.15, 0.2) is 12.2 Å². The van der Waals surface area contributed by atoms with E-state index in [-0.39, 0.29) is 33.3 Å². The second-order valence-electron chi connectivity index (χ2n) is 4.38. The van der Waals surface area contributed by atoms with Crippen molar-refractivity contribution in [2.24, 2.45) is 0 Å². The molecule has 1 aromatic carbocycles. The topological polar surface area (TPSA) is 81.0 Å². The Kier molecular flexibility index (Phi) is 3.95. The number of H-pyrrole nitrogens is 1. The van der Waals surface area contributed by atoms with Gasteiger partial charge in [-0.1, -0.05) is 11.6 Å². The van der Waals surface area contributed by atoms with Crippen molar-refractivity contribution < 1.29 is 22.3 Å². The van der Waals surface area contributed by atoms with Crippen LogP contribution in [0.2, 0.25) is 5.02 Å². The molecule has 0 aliphatic heterocycles. The molecule has 6 nitrogen and oxygen atoms in total. The van der Waals surface area contributed by atoms with Gasteiger partial charge in [-0.25, -0.2) is 27.9 Å². The van der Waals surface area contributed by atoms with Crippen molar-refractivity contribution >= 4 is 22.7 Å². The highest BCUT2D eigenvalue weighted by atomic mass is 35.5. The first-order valence-electron chi connectivity index (χ1n) is 6.20. The summed E-state index contributed by atoms with van der Waals surface area (Å²) in [6, 6.07) is 1.03. The molecule has 3 aromatic rings. The predicted molar refractivity (Wildman–Crippen MR) is 74.3 cm³/mol. The fraction of sp³-hybridized carbons (Fsp3) is 0.154. The van der Waals surface area contributed by atoms with Gasteiger partial charge in [0.25, 0.3) is 6.43 Å². The Bertz CT molecular complexity index is 908. The van der Waals surface area contributed by atoms with Gasteiger partial charge in [-0.15, -0.1) is 0 Å². The second kappa shape index (κ2) is 5.92. The summed E-state index contributed by atoms with van der Waals surface area (Å²) in [4.78, 5) is 21.3. The first kappa shape index (κ1) is 15.3. The van der Waals surface area contributed by atoms with Crippen LogP contribution in [0.3, 0.4) is 0 Å². The average Bonchev–Trinajstić information content (AvgIpc) is 2.91. The standard InChI is InChI=1S/C13H7ClF3N3O3/c14-10-6(15)1-5(12-11(10)20-13(21)23-12)7-2-19-9(3-18-7)22-4-8(16)17/h1-3,8H,4H2,(H,20,21). The Morgan fingerprint density at radius 2 is 2.13 bits per heavy atom. The molecule has 3 rings (SSSR count). The molecule has 0 bridgehead atoms. The van der Waals surface area contributed by atoms with Gasteiger partial charge in [0.1, 0.15) is 16.4 Å². The van der Waals surface area contributed by atoms with Crippen LogP contribution in [0.5, 0.6) is 5.88 Å². The Hall–Kier alpha value is -2.55. The number of hydrogen-bond donors (Lipinski definition) is 1. The van der Waals surface area contributed by atoms with Crippen molar-refractivity contribution in [2.45, 2.75) is 6.43 Å². The zero-order valence-electron chi connectivity index (χ0n) is 11.1. The zero-order chi connectivity index (χ0) is 16.6. The van der Waals surface area contributed by atoms with Crippen LogP contribution in [0, 0.1) is 5.82 Å². The zero-order valence-corrected chi connectivity index (χ0v) is 11.9. The van der Waals surface area contributed by atoms with Crippen LogP contribution in [0.15, 0.2) is 27.7 Å². The van der Waals surface area contributed by atoms with E-state index < -0.39 is 24.6 Å². The number of halogens is 4. The van der Waals surface area contributed by atoms with Gasteiger partial charge >= 0.3 is 5.76 Å². The highest BCUT2D eigenvalue weighted by Crippen LogP contribution is 2.32. The number of oxazole rings is 1. The summed E-state index contributed by atoms with van der Waals surface area (Å²) in [5.41, 5.74) is 0.286. The van der Waals surface area contributed by atoms with Gasteiger partial charge in [0.2, 0.25) is 5.88 Å². The minimum Gasteiger partial charge on any atom is -0.470 e. The molecule has 0 saturated carbocycles. The monoisotopic (exact) mass is 345 g/mol. The van der Waals surface area contributed by atoms with Crippen molar-refractivity contribution in [2.75, 3.05) is 6.61 Å². The van der Waals surface area contributed by atoms with E-state index in [4.69, 9.17) is 20.8 Å². The second-order valence-corrected chi connectivity index (χ2v) is 4.76. The highest BCUT2D eigenvalue weighted by Gasteiger charge is 2.18. The number of aromatic amines is 1. The summed E-state index contributed by atoms with van der Waals surface area (Å²) in [6.45, 7) is -0.819. The molecule has 0 radical (unpaired) electrons. The lowest BCUT2D eigenvalue weighted by atomic mass is 10.1. The summed E-state index contributed by atoms with van der Waals surface area (Å²) in [5.74, 6) is -1.71. The first-order valence-corrected chi connectivity index (χ1v) is 6.57. The normalized spacial score (nSPS) is 11.3. The molecule has 0 fully saturated rings. The molecule has 23 heavy (non-hydrogen) atoms. The molecule has 120 valence electrons. The fourth-order valence-electron chi connectivity index (χ4n) is 1.92. The molecule has 0 amide bonds. The first-order chi connectivity index (χ1) is 11.0. The van der Waals surface area contributed by atoms with Crippen LogP contribution in [0.1, 0.15) is 0 Å². The van der Waals surface area contributed by atoms with Crippen molar-refractivity contribution in [3.63, 3.8) is 0 Å². The molecule has 0 spiro atoms. The minimum atomic E-state index is -2.64. The average molecular weight is 346 g/mol. The third-order valence-corrected chi connectivity index (χ3v) is 3.22. The van der Waals surface area contributed by atoms with Crippen LogP contribution in [0.25, 0.3) is 22.4 Å². The van der Waals surface area contributed by atoms with Crippen molar-refractivity contribution in [3.8, 4) is 17.1 Å². The van der Waals surface area contributed by atoms with E-state index in [0.717, 1.165) is 12.3 Å². The number of fused-ring (bicyclic) bond motifs is 1. The van der Waals surface area contributed by atoms with Gasteiger partial charge in [-0.2, -0.15) is 0 Å². The largest absolute Gasteiger partial charge is 0.470 e. The molecule has 0 aliphatic rings. The predicted octanol–water partition coefficient (Wildman–Crippen LogP) is 3.01. The Morgan fingerprint density at radius 3 is 2.78 bits per heavy atom. The minimum absolute atomic E-state index is 0.00788. The van der Waals surface area contributed by atoms with Crippen LogP contribution >= 0.6 is 11.6 Å². The third-order valence-electron chi connectivity index (χ3n) is 2.86. The quantitative estimate of drug-likeness (QED) is 0.786. The third kappa shape index (κ3) is 3.00. The van der Waals surface area contributed by atoms with E-state index in [2.05, 4.69) is 15.0 Å². The van der Waals surface area contributed by atoms with Crippen LogP contribution in [-0.4, -0.2) is 28.0 Å². The number of aromatic nitrogens is 3. The maximum atomic E-state index is 13.8. The van der Waals surface area contributed by atoms with E-state index in [1.165, 1.54) is 6.20 Å². The number of hydrogen-bond acceptors (Lipinski definition) is 5. The van der Waals surface area contributed by atoms with Crippen LogP contribution in [-0.2, 0) is 0 Å². The van der Waals surface area contributed by atoms with Crippen LogP contribution < -0.4 is 10.5 Å². The number of rotatable bonds is 4. The molecular weight excluding hydrogens is 339 g/mol. The van der Waals surface area contributed by atoms with Crippen LogP contribution in [0.4, 0.5) is 13.2 Å². The molecule has 10 heteroatoms. The van der Waals surface area contributed by atoms with Gasteiger partial charge in [0.05, 0.1) is 18.1 Å². The summed E-state index contributed by atoms with van der Waals surface area (Å²) < 4.78 is 47.6. The SMILES string of the molecule is O=c1[nH]c2c(Cl)c(F)cc(-c3cnc(OCC(F)F)cn3)c2o1. The lowest BCUT2D eigenvalue weighted by Gasteiger charge is -2.06. The maximum Gasteiger partial charge on any atom is 0.417 e. The summed E-state index contributed by atoms with van der Waals surface area (Å²) >= 11 is 5.76.